The molecule has 2 heteroatoms. The molecule has 1 nitrogen and oxygen atoms in total. The third-order valence-electron chi connectivity index (χ3n) is 5.65. The quantitative estimate of drug-likeness (QED) is 0.191. The van der Waals surface area contributed by atoms with Crippen molar-refractivity contribution in [1.29, 1.82) is 0 Å². The van der Waals surface area contributed by atoms with Gasteiger partial charge < -0.3 is 4.90 Å². The number of benzene rings is 5. The van der Waals surface area contributed by atoms with Gasteiger partial charge in [-0.25, -0.2) is 0 Å². The second-order valence-corrected chi connectivity index (χ2v) is 9.38. The second kappa shape index (κ2) is 10.6. The van der Waals surface area contributed by atoms with Crippen LogP contribution in [-0.4, -0.2) is 9.52 Å². The van der Waals surface area contributed by atoms with E-state index in [1.807, 2.05) is 0 Å². The van der Waals surface area contributed by atoms with Crippen molar-refractivity contribution < 1.29 is 0 Å². The number of hydrogen-bond acceptors (Lipinski definition) is 1. The Balaban J connectivity index is 1.39. The number of nitrogens with zero attached hydrogens (tertiary/aromatic N) is 1. The third kappa shape index (κ3) is 5.25. The van der Waals surface area contributed by atoms with E-state index in [1.165, 1.54) is 21.5 Å². The first-order chi connectivity index (χ1) is 16.9. The Bertz CT molecular complexity index is 1310. The average Bonchev–Trinajstić information content (AvgIpc) is 2.91. The van der Waals surface area contributed by atoms with E-state index < -0.39 is 0 Å². The van der Waals surface area contributed by atoms with Crippen LogP contribution < -0.4 is 15.3 Å². The van der Waals surface area contributed by atoms with Gasteiger partial charge in [-0.15, -0.1) is 0 Å². The van der Waals surface area contributed by atoms with Crippen LogP contribution in [0.2, 0.25) is 0 Å². The Kier molecular flexibility index (Phi) is 6.79. The van der Waals surface area contributed by atoms with Crippen LogP contribution in [0.4, 0.5) is 17.1 Å². The maximum Gasteiger partial charge on any atom is 0.122 e. The summed E-state index contributed by atoms with van der Waals surface area (Å²) in [7, 11) is 0.648. The molecule has 0 unspecified atom stereocenters. The molecule has 0 saturated heterocycles. The first kappa shape index (κ1) is 21.7. The summed E-state index contributed by atoms with van der Waals surface area (Å²) in [4.78, 5) is 2.28. The van der Waals surface area contributed by atoms with Gasteiger partial charge in [0.05, 0.1) is 0 Å². The van der Waals surface area contributed by atoms with Gasteiger partial charge in [-0.3, -0.25) is 0 Å². The fraction of sp³-hybridized carbons (Fsp3) is 0. The topological polar surface area (TPSA) is 3.24 Å². The van der Waals surface area contributed by atoms with Crippen LogP contribution in [-0.2, 0) is 0 Å². The summed E-state index contributed by atoms with van der Waals surface area (Å²) in [5.74, 6) is 0. The van der Waals surface area contributed by atoms with Crippen molar-refractivity contribution >= 4 is 49.1 Å². The van der Waals surface area contributed by atoms with Crippen LogP contribution in [0.1, 0.15) is 11.1 Å². The molecule has 5 rings (SSSR count). The van der Waals surface area contributed by atoms with E-state index in [0.29, 0.717) is 9.52 Å². The van der Waals surface area contributed by atoms with Crippen molar-refractivity contribution in [1.82, 2.24) is 0 Å². The summed E-state index contributed by atoms with van der Waals surface area (Å²) in [5.41, 5.74) is 5.88. The molecule has 2 radical (unpaired) electrons. The highest BCUT2D eigenvalue weighted by atomic mass is 28.2. The van der Waals surface area contributed by atoms with Gasteiger partial charge in [0.2, 0.25) is 0 Å². The molecule has 0 amide bonds. The fourth-order valence-electron chi connectivity index (χ4n) is 3.96. The van der Waals surface area contributed by atoms with Gasteiger partial charge in [-0.05, 0) is 47.5 Å². The lowest BCUT2D eigenvalue weighted by atomic mass is 10.1. The maximum atomic E-state index is 2.28. The highest BCUT2D eigenvalue weighted by Crippen LogP contribution is 2.34. The molecule has 162 valence electrons. The summed E-state index contributed by atoms with van der Waals surface area (Å²) >= 11 is 0. The number of anilines is 3. The van der Waals surface area contributed by atoms with Gasteiger partial charge in [0, 0.05) is 17.1 Å². The molecular weight excluding hydrogens is 426 g/mol. The zero-order chi connectivity index (χ0) is 23.0. The van der Waals surface area contributed by atoms with Gasteiger partial charge in [0.25, 0.3) is 0 Å². The highest BCUT2D eigenvalue weighted by Gasteiger charge is 2.11. The number of rotatable bonds is 7. The summed E-state index contributed by atoms with van der Waals surface area (Å²) in [6.07, 6.45) is 4.43. The molecule has 0 heterocycles. The van der Waals surface area contributed by atoms with Crippen molar-refractivity contribution in [3.05, 3.63) is 151 Å². The van der Waals surface area contributed by atoms with Crippen molar-refractivity contribution in [3.8, 4) is 0 Å². The Labute approximate surface area is 204 Å². The molecule has 0 aliphatic heterocycles. The minimum Gasteiger partial charge on any atom is -0.311 e. The molecule has 0 atom stereocenters. The number of hydrogen-bond donors (Lipinski definition) is 0. The van der Waals surface area contributed by atoms with Crippen molar-refractivity contribution in [2.24, 2.45) is 0 Å². The Morgan fingerprint density at radius 1 is 0.441 bits per heavy atom. The van der Waals surface area contributed by atoms with Crippen molar-refractivity contribution in [2.45, 2.75) is 0 Å². The molecule has 0 saturated carbocycles. The lowest BCUT2D eigenvalue weighted by molar-refractivity contribution is 1.28. The lowest BCUT2D eigenvalue weighted by Gasteiger charge is -2.25. The highest BCUT2D eigenvalue weighted by molar-refractivity contribution is 6.68. The SMILES string of the molecule is C(=C\c1ccccc1[Si]c1ccccc1)/c1ccc(N(c2ccccc2)c2ccccc2)cc1. The van der Waals surface area contributed by atoms with Crippen LogP contribution >= 0.6 is 0 Å². The van der Waals surface area contributed by atoms with Crippen LogP contribution in [0.15, 0.2) is 140 Å². The van der Waals surface area contributed by atoms with Gasteiger partial charge in [-0.2, -0.15) is 0 Å². The molecule has 0 bridgehead atoms. The van der Waals surface area contributed by atoms with E-state index in [0.717, 1.165) is 17.1 Å². The lowest BCUT2D eigenvalue weighted by Crippen LogP contribution is -2.28. The van der Waals surface area contributed by atoms with Gasteiger partial charge in [0.1, 0.15) is 9.52 Å². The predicted octanol–water partition coefficient (Wildman–Crippen LogP) is 6.98. The number of para-hydroxylation sites is 2. The van der Waals surface area contributed by atoms with Crippen LogP contribution in [0.25, 0.3) is 12.2 Å². The molecule has 0 fully saturated rings. The average molecular weight is 452 g/mol. The maximum absolute atomic E-state index is 2.28. The van der Waals surface area contributed by atoms with Gasteiger partial charge >= 0.3 is 0 Å². The molecule has 0 N–H and O–H groups in total. The smallest absolute Gasteiger partial charge is 0.122 e. The normalized spacial score (nSPS) is 10.9. The van der Waals surface area contributed by atoms with E-state index in [2.05, 4.69) is 157 Å². The molecule has 0 aliphatic rings. The second-order valence-electron chi connectivity index (χ2n) is 8.01. The monoisotopic (exact) mass is 451 g/mol. The van der Waals surface area contributed by atoms with Crippen molar-refractivity contribution in [2.75, 3.05) is 4.90 Å². The predicted molar refractivity (Wildman–Crippen MR) is 148 cm³/mol. The van der Waals surface area contributed by atoms with Crippen LogP contribution in [0, 0.1) is 0 Å². The van der Waals surface area contributed by atoms with Crippen LogP contribution in [0.3, 0.4) is 0 Å². The van der Waals surface area contributed by atoms with Gasteiger partial charge in [0.15, 0.2) is 0 Å². The largest absolute Gasteiger partial charge is 0.311 e. The standard InChI is InChI=1S/C32H25NSi/c1-4-13-28(14-5-1)33(29-15-6-2-7-16-29)30-24-21-26(22-25-30)20-23-27-12-10-11-19-32(27)34-31-17-8-3-9-18-31/h1-25H/b23-20+. The minimum atomic E-state index is 0.648. The Morgan fingerprint density at radius 2 is 0.941 bits per heavy atom. The molecule has 0 aromatic heterocycles. The minimum absolute atomic E-state index is 0.648. The van der Waals surface area contributed by atoms with E-state index in [1.54, 1.807) is 0 Å². The first-order valence-electron chi connectivity index (χ1n) is 11.5. The molecule has 5 aromatic rings. The van der Waals surface area contributed by atoms with E-state index in [4.69, 9.17) is 0 Å². The first-order valence-corrected chi connectivity index (χ1v) is 12.5. The molecule has 5 aromatic carbocycles. The van der Waals surface area contributed by atoms with E-state index in [9.17, 15) is 0 Å². The summed E-state index contributed by atoms with van der Waals surface area (Å²) in [5, 5.41) is 2.72. The van der Waals surface area contributed by atoms with E-state index in [-0.39, 0.29) is 0 Å². The Morgan fingerprint density at radius 3 is 1.56 bits per heavy atom. The molecule has 34 heavy (non-hydrogen) atoms. The summed E-state index contributed by atoms with van der Waals surface area (Å²) in [6, 6.07) is 49.1. The molecule has 0 spiro atoms. The van der Waals surface area contributed by atoms with Gasteiger partial charge in [-0.1, -0.05) is 126 Å². The van der Waals surface area contributed by atoms with E-state index >= 15 is 0 Å². The zero-order valence-electron chi connectivity index (χ0n) is 18.9. The summed E-state index contributed by atoms with van der Waals surface area (Å²) in [6.45, 7) is 0. The zero-order valence-corrected chi connectivity index (χ0v) is 19.9. The summed E-state index contributed by atoms with van der Waals surface area (Å²) < 4.78 is 0. The Hall–Kier alpha value is -4.14. The third-order valence-corrected chi connectivity index (χ3v) is 7.00. The fourth-order valence-corrected chi connectivity index (χ4v) is 5.12. The van der Waals surface area contributed by atoms with Crippen LogP contribution in [0.5, 0.6) is 0 Å². The van der Waals surface area contributed by atoms with Crippen molar-refractivity contribution in [3.63, 3.8) is 0 Å². The molecular formula is C32H25NSi. The molecule has 0 aliphatic carbocycles.